The van der Waals surface area contributed by atoms with E-state index in [4.69, 9.17) is 19.2 Å². The predicted molar refractivity (Wildman–Crippen MR) is 123 cm³/mol. The number of hydrogen-bond acceptors (Lipinski definition) is 7. The van der Waals surface area contributed by atoms with Gasteiger partial charge in [0.1, 0.15) is 18.0 Å². The molecule has 2 aromatic carbocycles. The van der Waals surface area contributed by atoms with E-state index in [-0.39, 0.29) is 17.4 Å². The van der Waals surface area contributed by atoms with Gasteiger partial charge in [-0.1, -0.05) is 39.0 Å². The van der Waals surface area contributed by atoms with Crippen LogP contribution >= 0.6 is 0 Å². The highest BCUT2D eigenvalue weighted by molar-refractivity contribution is 6.01. The number of aliphatic hydroxyl groups excluding tert-OH is 1. The molecule has 0 bridgehead atoms. The Balaban J connectivity index is 1.77. The van der Waals surface area contributed by atoms with Crippen molar-refractivity contribution >= 4 is 27.8 Å². The lowest BCUT2D eigenvalue weighted by molar-refractivity contribution is -0.162. The average molecular weight is 450 g/mol. The maximum atomic E-state index is 11.8. The second kappa shape index (κ2) is 7.35. The van der Waals surface area contributed by atoms with E-state index in [1.807, 2.05) is 51.1 Å². The van der Waals surface area contributed by atoms with Crippen LogP contribution in [0.15, 0.2) is 41.7 Å². The highest BCUT2D eigenvalue weighted by Gasteiger charge is 2.50. The number of allylic oxidation sites excluding steroid dienone is 1. The number of phenolic OH excluding ortho intramolecular Hbond substituents is 1. The van der Waals surface area contributed by atoms with Crippen LogP contribution in [0.5, 0.6) is 17.2 Å². The van der Waals surface area contributed by atoms with Gasteiger partial charge in [0.15, 0.2) is 11.5 Å². The fraction of sp³-hybridized carbons (Fsp3) is 0.385. The third kappa shape index (κ3) is 3.14. The van der Waals surface area contributed by atoms with Gasteiger partial charge in [0.2, 0.25) is 5.75 Å². The molecule has 5 rings (SSSR count). The molecule has 3 aromatic rings. The first-order chi connectivity index (χ1) is 15.6. The minimum atomic E-state index is -1.04. The van der Waals surface area contributed by atoms with E-state index in [0.29, 0.717) is 34.4 Å². The van der Waals surface area contributed by atoms with Crippen molar-refractivity contribution in [2.24, 2.45) is 5.41 Å². The molecule has 0 saturated carbocycles. The van der Waals surface area contributed by atoms with E-state index in [2.05, 4.69) is 0 Å². The first-order valence-electron chi connectivity index (χ1n) is 11.0. The summed E-state index contributed by atoms with van der Waals surface area (Å²) in [5, 5.41) is 23.9. The van der Waals surface area contributed by atoms with Crippen LogP contribution in [0.4, 0.5) is 0 Å². The third-order valence-electron chi connectivity index (χ3n) is 6.84. The maximum Gasteiger partial charge on any atom is 0.303 e. The Hall–Kier alpha value is -3.32. The summed E-state index contributed by atoms with van der Waals surface area (Å²) in [6, 6.07) is 9.56. The molecule has 1 aromatic heterocycles. The zero-order valence-corrected chi connectivity index (χ0v) is 19.3. The van der Waals surface area contributed by atoms with E-state index in [9.17, 15) is 15.0 Å². The van der Waals surface area contributed by atoms with Gasteiger partial charge in [-0.15, -0.1) is 0 Å². The Morgan fingerprint density at radius 1 is 1.27 bits per heavy atom. The Bertz CT molecular complexity index is 1340. The lowest BCUT2D eigenvalue weighted by atomic mass is 9.68. The minimum Gasteiger partial charge on any atom is -0.504 e. The van der Waals surface area contributed by atoms with Gasteiger partial charge < -0.3 is 24.4 Å². The van der Waals surface area contributed by atoms with Crippen molar-refractivity contribution < 1.29 is 29.2 Å². The molecule has 0 fully saturated rings. The summed E-state index contributed by atoms with van der Waals surface area (Å²) in [6.45, 7) is 7.18. The number of phenols is 1. The van der Waals surface area contributed by atoms with Gasteiger partial charge in [-0.3, -0.25) is 4.79 Å². The van der Waals surface area contributed by atoms with Gasteiger partial charge in [-0.2, -0.15) is 0 Å². The lowest BCUT2D eigenvalue weighted by Crippen LogP contribution is -2.49. The summed E-state index contributed by atoms with van der Waals surface area (Å²) < 4.78 is 17.5. The van der Waals surface area contributed by atoms with Crippen LogP contribution in [0.1, 0.15) is 45.6 Å². The molecular formula is C26H27NO6. The van der Waals surface area contributed by atoms with E-state index >= 15 is 0 Å². The van der Waals surface area contributed by atoms with Crippen molar-refractivity contribution in [2.45, 2.75) is 52.2 Å². The number of ether oxygens (including phenoxy) is 3. The number of aromatic nitrogens is 1. The normalized spacial score (nSPS) is 23.6. The molecular weight excluding hydrogens is 422 g/mol. The number of carbonyl (C=O) groups excluding carboxylic acids is 1. The molecule has 2 aliphatic rings. The Kier molecular flexibility index (Phi) is 4.79. The van der Waals surface area contributed by atoms with Gasteiger partial charge in [0.25, 0.3) is 0 Å². The molecule has 1 aliphatic heterocycles. The third-order valence-corrected chi connectivity index (χ3v) is 6.84. The van der Waals surface area contributed by atoms with Crippen LogP contribution in [0, 0.1) is 5.41 Å². The van der Waals surface area contributed by atoms with Crippen molar-refractivity contribution in [3.05, 3.63) is 47.2 Å². The fourth-order valence-electron chi connectivity index (χ4n) is 5.30. The molecule has 3 unspecified atom stereocenters. The standard InChI is InChI=1S/C26H27NO6/c1-12-18-17(11-26(3,4)25(22(18)30)32-13(2)28)33-23-19(12)20-15(21(29)24(23)31-5)10-14-8-6-7-9-16(14)27-20/h6-10,12,22,25,29-30H,11H2,1-5H3. The SMILES string of the molecule is COc1c2c(c3nc4ccccc4cc3c1O)C(C)C1=C(CC(C)(C)C(OC(C)=O)C1O)O2. The minimum absolute atomic E-state index is 0.0332. The van der Waals surface area contributed by atoms with Crippen LogP contribution in [0.25, 0.3) is 21.8 Å². The lowest BCUT2D eigenvalue weighted by Gasteiger charge is -2.45. The summed E-state index contributed by atoms with van der Waals surface area (Å²) in [4.78, 5) is 16.6. The van der Waals surface area contributed by atoms with E-state index in [1.165, 1.54) is 14.0 Å². The first-order valence-corrected chi connectivity index (χ1v) is 11.0. The molecule has 172 valence electrons. The largest absolute Gasteiger partial charge is 0.504 e. The number of hydrogen-bond donors (Lipinski definition) is 2. The number of pyridine rings is 1. The Morgan fingerprint density at radius 3 is 2.70 bits per heavy atom. The molecule has 0 radical (unpaired) electrons. The molecule has 0 spiro atoms. The van der Waals surface area contributed by atoms with Gasteiger partial charge in [-0.25, -0.2) is 4.98 Å². The van der Waals surface area contributed by atoms with Crippen molar-refractivity contribution in [3.63, 3.8) is 0 Å². The highest BCUT2D eigenvalue weighted by atomic mass is 16.6. The number of rotatable bonds is 2. The molecule has 7 nitrogen and oxygen atoms in total. The van der Waals surface area contributed by atoms with Crippen LogP contribution in [-0.2, 0) is 9.53 Å². The summed E-state index contributed by atoms with van der Waals surface area (Å²) in [5.74, 6) is 0.473. The summed E-state index contributed by atoms with van der Waals surface area (Å²) >= 11 is 0. The van der Waals surface area contributed by atoms with Gasteiger partial charge >= 0.3 is 5.97 Å². The number of fused-ring (bicyclic) bond motifs is 4. The Morgan fingerprint density at radius 2 is 2.00 bits per heavy atom. The van der Waals surface area contributed by atoms with Crippen molar-refractivity contribution in [3.8, 4) is 17.2 Å². The zero-order chi connectivity index (χ0) is 23.7. The molecule has 2 heterocycles. The molecule has 0 amide bonds. The van der Waals surface area contributed by atoms with Crippen LogP contribution in [0.3, 0.4) is 0 Å². The predicted octanol–water partition coefficient (Wildman–Crippen LogP) is 4.57. The summed E-state index contributed by atoms with van der Waals surface area (Å²) in [5.41, 5.74) is 2.21. The van der Waals surface area contributed by atoms with Crippen molar-refractivity contribution in [1.29, 1.82) is 0 Å². The highest BCUT2D eigenvalue weighted by Crippen LogP contribution is 2.56. The molecule has 0 saturated heterocycles. The van der Waals surface area contributed by atoms with Crippen LogP contribution in [-0.4, -0.2) is 40.5 Å². The van der Waals surface area contributed by atoms with Crippen molar-refractivity contribution in [2.75, 3.05) is 7.11 Å². The Labute approximate surface area is 191 Å². The number of para-hydroxylation sites is 1. The fourth-order valence-corrected chi connectivity index (χ4v) is 5.30. The summed E-state index contributed by atoms with van der Waals surface area (Å²) in [6.07, 6.45) is -1.29. The van der Waals surface area contributed by atoms with Gasteiger partial charge in [0.05, 0.1) is 18.1 Å². The number of benzene rings is 2. The smallest absolute Gasteiger partial charge is 0.303 e. The number of aromatic hydroxyl groups is 1. The number of aliphatic hydroxyl groups is 1. The second-order valence-electron chi connectivity index (χ2n) is 9.54. The topological polar surface area (TPSA) is 98.1 Å². The number of methoxy groups -OCH3 is 1. The maximum absolute atomic E-state index is 11.8. The van der Waals surface area contributed by atoms with E-state index in [1.54, 1.807) is 0 Å². The van der Waals surface area contributed by atoms with Crippen LogP contribution in [0.2, 0.25) is 0 Å². The van der Waals surface area contributed by atoms with Gasteiger partial charge in [0, 0.05) is 46.6 Å². The number of esters is 1. The molecule has 1 aliphatic carbocycles. The number of nitrogens with zero attached hydrogens (tertiary/aromatic N) is 1. The second-order valence-corrected chi connectivity index (χ2v) is 9.54. The van der Waals surface area contributed by atoms with E-state index < -0.39 is 23.6 Å². The number of carbonyl (C=O) groups is 1. The van der Waals surface area contributed by atoms with Crippen LogP contribution < -0.4 is 9.47 Å². The molecule has 3 atom stereocenters. The molecule has 2 N–H and O–H groups in total. The zero-order valence-electron chi connectivity index (χ0n) is 19.3. The summed E-state index contributed by atoms with van der Waals surface area (Å²) in [7, 11) is 1.49. The van der Waals surface area contributed by atoms with Gasteiger partial charge in [-0.05, 0) is 12.1 Å². The monoisotopic (exact) mass is 449 g/mol. The first kappa shape index (κ1) is 21.5. The quantitative estimate of drug-likeness (QED) is 0.437. The molecule has 7 heteroatoms. The van der Waals surface area contributed by atoms with E-state index in [0.717, 1.165) is 16.5 Å². The molecule has 33 heavy (non-hydrogen) atoms. The van der Waals surface area contributed by atoms with Crippen molar-refractivity contribution in [1.82, 2.24) is 4.98 Å². The average Bonchev–Trinajstić information content (AvgIpc) is 2.75.